The molecule has 2 unspecified atom stereocenters. The molecule has 0 radical (unpaired) electrons. The molecule has 24 heteroatoms. The van der Waals surface area contributed by atoms with Crippen LogP contribution >= 0.6 is 0 Å². The summed E-state index contributed by atoms with van der Waals surface area (Å²) in [6.45, 7) is 4.25. The largest absolute Gasteiger partial charge is 0.573 e. The van der Waals surface area contributed by atoms with Gasteiger partial charge in [0.2, 0.25) is 11.9 Å². The molecule has 2 aromatic heterocycles. The molecule has 15 nitrogen and oxygen atoms in total. The first-order chi connectivity index (χ1) is 33.2. The maximum Gasteiger partial charge on any atom is 0.573 e. The molecule has 2 aromatic carbocycles. The van der Waals surface area contributed by atoms with Gasteiger partial charge in [-0.15, -0.1) is 26.3 Å². The lowest BCUT2D eigenvalue weighted by Gasteiger charge is -2.33. The highest BCUT2D eigenvalue weighted by Crippen LogP contribution is 2.33. The van der Waals surface area contributed by atoms with Crippen molar-refractivity contribution >= 4 is 35.3 Å². The van der Waals surface area contributed by atoms with Crippen molar-refractivity contribution in [2.24, 2.45) is 0 Å². The number of carboxylic acids is 1. The molecule has 0 amide bonds. The number of carboxylic acid groups (broad SMARTS) is 1. The third-order valence-corrected chi connectivity index (χ3v) is 12.0. The van der Waals surface area contributed by atoms with E-state index in [1.165, 1.54) is 48.5 Å². The monoisotopic (exact) mass is 1010 g/mol. The lowest BCUT2D eigenvalue weighted by atomic mass is 9.82. The Hall–Kier alpha value is -6.17. The molecule has 5 N–H and O–H groups in total. The van der Waals surface area contributed by atoms with E-state index in [4.69, 9.17) is 9.90 Å². The number of halogens is 9. The molecule has 0 spiro atoms. The lowest BCUT2D eigenvalue weighted by molar-refractivity contribution is -0.275. The number of Topliss-reactive ketones (excluding diaryl/α,β-unsaturated/α-hetero) is 1. The van der Waals surface area contributed by atoms with Crippen molar-refractivity contribution in [3.8, 4) is 11.5 Å². The average molecular weight is 1020 g/mol. The highest BCUT2D eigenvalue weighted by molar-refractivity contribution is 5.92. The third-order valence-electron chi connectivity index (χ3n) is 12.0. The van der Waals surface area contributed by atoms with E-state index in [2.05, 4.69) is 50.7 Å². The number of rotatable bonds is 18. The number of hydrogen-bond donors (Lipinski definition) is 5. The van der Waals surface area contributed by atoms with Gasteiger partial charge in [0.1, 0.15) is 28.9 Å². The molecule has 0 bridgehead atoms. The van der Waals surface area contributed by atoms with E-state index in [1.807, 2.05) is 51.8 Å². The minimum atomic E-state index is -5.08. The van der Waals surface area contributed by atoms with Crippen LogP contribution in [0.5, 0.6) is 11.5 Å². The Morgan fingerprint density at radius 1 is 0.592 bits per heavy atom. The van der Waals surface area contributed by atoms with Crippen LogP contribution in [0.15, 0.2) is 60.9 Å². The Labute approximate surface area is 405 Å². The summed E-state index contributed by atoms with van der Waals surface area (Å²) in [4.78, 5) is 46.0. The first-order valence-electron chi connectivity index (χ1n) is 22.8. The van der Waals surface area contributed by atoms with Gasteiger partial charge in [0.25, 0.3) is 0 Å². The number of alkyl halides is 9. The number of aliphatic carboxylic acids is 1. The van der Waals surface area contributed by atoms with Gasteiger partial charge in [-0.3, -0.25) is 4.79 Å². The molecule has 2 aliphatic carbocycles. The summed E-state index contributed by atoms with van der Waals surface area (Å²) in [6.07, 6.45) is -4.97. The Morgan fingerprint density at radius 2 is 0.901 bits per heavy atom. The fraction of sp³-hybridized carbons (Fsp3) is 0.532. The number of hydrogen-bond acceptors (Lipinski definition) is 14. The van der Waals surface area contributed by atoms with Crippen LogP contribution < -0.4 is 40.5 Å². The predicted octanol–water partition coefficient (Wildman–Crippen LogP) is 8.91. The number of carbonyl (C=O) groups excluding carboxylic acids is 1. The zero-order valence-electron chi connectivity index (χ0n) is 40.0. The van der Waals surface area contributed by atoms with E-state index >= 15 is 0 Å². The number of benzene rings is 2. The second-order valence-corrected chi connectivity index (χ2v) is 17.9. The number of ether oxygens (including phenoxy) is 2. The van der Waals surface area contributed by atoms with Gasteiger partial charge in [0.05, 0.1) is 11.8 Å². The summed E-state index contributed by atoms with van der Waals surface area (Å²) in [7, 11) is 7.70. The average Bonchev–Trinajstić information content (AvgIpc) is 3.28. The summed E-state index contributed by atoms with van der Waals surface area (Å²) in [5.74, 6) is -2.77. The Bertz CT molecular complexity index is 2190. The fourth-order valence-corrected chi connectivity index (χ4v) is 8.54. The van der Waals surface area contributed by atoms with Crippen LogP contribution in [0.4, 0.5) is 63.0 Å². The van der Waals surface area contributed by atoms with Gasteiger partial charge >= 0.3 is 24.9 Å². The minimum Gasteiger partial charge on any atom is -0.475 e. The van der Waals surface area contributed by atoms with Crippen LogP contribution in [-0.2, 0) is 9.59 Å². The van der Waals surface area contributed by atoms with E-state index in [9.17, 15) is 44.3 Å². The number of nitrogens with zero attached hydrogens (tertiary/aromatic N) is 6. The maximum atomic E-state index is 15.0. The first kappa shape index (κ1) is 55.8. The molecule has 390 valence electrons. The molecule has 0 saturated heterocycles. The summed E-state index contributed by atoms with van der Waals surface area (Å²) < 4.78 is 119. The van der Waals surface area contributed by atoms with Crippen molar-refractivity contribution in [1.82, 2.24) is 30.6 Å². The van der Waals surface area contributed by atoms with Crippen LogP contribution in [-0.4, -0.2) is 121 Å². The van der Waals surface area contributed by atoms with Crippen LogP contribution in [0, 0.1) is 13.8 Å². The number of aromatic nitrogens is 4. The smallest absolute Gasteiger partial charge is 0.475 e. The number of carbonyl (C=O) groups is 2. The molecule has 71 heavy (non-hydrogen) atoms. The summed E-state index contributed by atoms with van der Waals surface area (Å²) >= 11 is 0. The second-order valence-electron chi connectivity index (χ2n) is 17.9. The Balaban J connectivity index is 0.00000124. The van der Waals surface area contributed by atoms with Gasteiger partial charge in [-0.25, -0.2) is 14.8 Å². The van der Waals surface area contributed by atoms with Gasteiger partial charge < -0.3 is 45.6 Å². The van der Waals surface area contributed by atoms with E-state index < -0.39 is 48.2 Å². The van der Waals surface area contributed by atoms with Crippen molar-refractivity contribution in [3.05, 3.63) is 83.2 Å². The van der Waals surface area contributed by atoms with Gasteiger partial charge in [0, 0.05) is 89.0 Å². The summed E-state index contributed by atoms with van der Waals surface area (Å²) in [5, 5.41) is 21.2. The second kappa shape index (κ2) is 24.3. The van der Waals surface area contributed by atoms with Gasteiger partial charge in [-0.2, -0.15) is 23.1 Å². The topological polar surface area (TPSA) is 179 Å². The van der Waals surface area contributed by atoms with Crippen LogP contribution in [0.3, 0.4) is 0 Å². The third kappa shape index (κ3) is 17.6. The highest BCUT2D eigenvalue weighted by atomic mass is 19.4. The zero-order valence-corrected chi connectivity index (χ0v) is 40.0. The molecule has 2 aliphatic rings. The van der Waals surface area contributed by atoms with Crippen molar-refractivity contribution in [2.45, 2.75) is 120 Å². The quantitative estimate of drug-likeness (QED) is 0.0597. The van der Waals surface area contributed by atoms with Gasteiger partial charge in [0.15, 0.2) is 0 Å². The molecule has 6 rings (SSSR count). The van der Waals surface area contributed by atoms with Gasteiger partial charge in [-0.1, -0.05) is 24.3 Å². The Morgan fingerprint density at radius 3 is 1.18 bits per heavy atom. The highest BCUT2D eigenvalue weighted by Gasteiger charge is 2.38. The van der Waals surface area contributed by atoms with E-state index in [0.29, 0.717) is 23.0 Å². The predicted molar refractivity (Wildman–Crippen MR) is 248 cm³/mol. The first-order valence-corrected chi connectivity index (χ1v) is 22.8. The summed E-state index contributed by atoms with van der Waals surface area (Å²) in [5.41, 5.74) is 2.87. The molecule has 2 heterocycles. The molecule has 2 saturated carbocycles. The van der Waals surface area contributed by atoms with Crippen molar-refractivity contribution in [2.75, 3.05) is 61.7 Å². The lowest BCUT2D eigenvalue weighted by Crippen LogP contribution is -2.43. The van der Waals surface area contributed by atoms with Crippen LogP contribution in [0.2, 0.25) is 0 Å². The number of anilines is 4. The normalized spacial score (nSPS) is 19.3. The molecule has 2 fully saturated rings. The number of nitrogens with one attached hydrogen (secondary N) is 4. The summed E-state index contributed by atoms with van der Waals surface area (Å²) in [6, 6.07) is 10.9. The van der Waals surface area contributed by atoms with Crippen molar-refractivity contribution in [1.29, 1.82) is 0 Å². The number of aryl methyl sites for hydroxylation is 2. The van der Waals surface area contributed by atoms with E-state index in [1.54, 1.807) is 12.4 Å². The molecular formula is C47H59F9N10O5. The SMILES string of the molecule is Cc1cnc(NC2CCC(NCC(C(=O)C(CNC3CCC(Nc4ncc(C)c(N(C)C)n4)CC3)c3ccc(OC(F)(F)F)cc3)c3ccc(OC(F)(F)F)cc3)CC2)nc1N(C)C.O=C(O)C(F)(F)F. The zero-order chi connectivity index (χ0) is 52.3. The molecule has 0 aliphatic heterocycles. The molecule has 2 atom stereocenters. The maximum absolute atomic E-state index is 15.0. The standard InChI is InChI=1S/C45H58F6N10O3.C2HF3O2/c1-27-23-54-42(58-40(27)60(3)4)56-33-15-11-31(12-16-33)52-25-37(29-7-19-35(20-8-29)63-44(46,47)48)39(62)38(30-9-21-36(22-10-30)64-45(49,50)51)26-53-32-13-17-34(18-14-32)57-43-55-24-28(2)41(59-43)61(5)6;3-2(4,5)1(6)7/h7-10,19-24,31-34,37-38,52-53H,11-18,25-26H2,1-6H3,(H,54,56,58)(H,55,57,59);(H,6,7). The minimum absolute atomic E-state index is 0.0383. The van der Waals surface area contributed by atoms with Crippen LogP contribution in [0.1, 0.15) is 85.5 Å². The Kier molecular flexibility index (Phi) is 19.1. The molecular weight excluding hydrogens is 956 g/mol. The van der Waals surface area contributed by atoms with Gasteiger partial charge in [-0.05, 0) is 101 Å². The van der Waals surface area contributed by atoms with Crippen LogP contribution in [0.25, 0.3) is 0 Å². The molecule has 4 aromatic rings. The van der Waals surface area contributed by atoms with E-state index in [0.717, 1.165) is 74.1 Å². The van der Waals surface area contributed by atoms with Crippen molar-refractivity contribution < 1.29 is 63.7 Å². The fourth-order valence-electron chi connectivity index (χ4n) is 8.54. The van der Waals surface area contributed by atoms with Crippen molar-refractivity contribution in [3.63, 3.8) is 0 Å². The van der Waals surface area contributed by atoms with E-state index in [-0.39, 0.29) is 43.0 Å². The number of ketones is 1.